The number of thiazole rings is 1. The fourth-order valence-electron chi connectivity index (χ4n) is 4.01. The number of nitrogens with zero attached hydrogens (tertiary/aromatic N) is 2. The summed E-state index contributed by atoms with van der Waals surface area (Å²) in [6, 6.07) is 7.07. The third-order valence-corrected chi connectivity index (χ3v) is 9.45. The minimum Gasteiger partial charge on any atom is -0.493 e. The van der Waals surface area contributed by atoms with E-state index in [0.29, 0.717) is 43.2 Å². The van der Waals surface area contributed by atoms with Gasteiger partial charge >= 0.3 is 0 Å². The molecule has 0 N–H and O–H groups in total. The van der Waals surface area contributed by atoms with Gasteiger partial charge in [-0.2, -0.15) is 0 Å². The van der Waals surface area contributed by atoms with Gasteiger partial charge in [-0.25, -0.2) is 17.8 Å². The largest absolute Gasteiger partial charge is 0.493 e. The van der Waals surface area contributed by atoms with Crippen molar-refractivity contribution in [2.24, 2.45) is 0 Å². The Kier molecular flexibility index (Phi) is 7.20. The number of hydrogen-bond donors (Lipinski definition) is 0. The molecule has 7 nitrogen and oxygen atoms in total. The van der Waals surface area contributed by atoms with Crippen LogP contribution in [-0.2, 0) is 9.84 Å². The molecule has 11 heteroatoms. The molecule has 0 radical (unpaired) electrons. The lowest BCUT2D eigenvalue weighted by atomic mass is 10.1. The second-order valence-corrected chi connectivity index (χ2v) is 11.2. The fourth-order valence-corrected chi connectivity index (χ4v) is 7.17. The fraction of sp³-hybridized carbons (Fsp3) is 0.348. The quantitative estimate of drug-likeness (QED) is 0.398. The summed E-state index contributed by atoms with van der Waals surface area (Å²) in [6.07, 6.45) is 0.851. The lowest BCUT2D eigenvalue weighted by Crippen LogP contribution is -2.39. The molecule has 2 aromatic carbocycles. The molecule has 0 amide bonds. The van der Waals surface area contributed by atoms with Crippen molar-refractivity contribution in [2.75, 3.05) is 39.3 Å². The Labute approximate surface area is 207 Å². The van der Waals surface area contributed by atoms with E-state index in [0.717, 1.165) is 28.5 Å². The Morgan fingerprint density at radius 3 is 2.26 bits per heavy atom. The summed E-state index contributed by atoms with van der Waals surface area (Å²) in [7, 11) is 1.01. The molecule has 3 aromatic rings. The zero-order chi connectivity index (χ0) is 24.5. The van der Waals surface area contributed by atoms with Crippen LogP contribution in [0.15, 0.2) is 40.6 Å². The van der Waals surface area contributed by atoms with Gasteiger partial charge in [0, 0.05) is 24.0 Å². The summed E-state index contributed by atoms with van der Waals surface area (Å²) < 4.78 is 55.7. The van der Waals surface area contributed by atoms with Crippen LogP contribution >= 0.6 is 22.9 Å². The number of piperidine rings is 1. The Morgan fingerprint density at radius 1 is 1.06 bits per heavy atom. The van der Waals surface area contributed by atoms with Gasteiger partial charge in [-0.1, -0.05) is 11.6 Å². The lowest BCUT2D eigenvalue weighted by Gasteiger charge is -2.31. The standard InChI is InChI=1S/C23H24ClFN2O5S2/c1-30-19-10-14(11-20(31-2)22(19)32-3)18-13-33-23(26-18)27-8-6-16(7-9-27)34(28,29)21-5-4-15(25)12-17(21)24/h4-5,10-13,16H,6-9H2,1-3H3. The highest BCUT2D eigenvalue weighted by atomic mass is 35.5. The molecule has 0 atom stereocenters. The van der Waals surface area contributed by atoms with E-state index in [1.807, 2.05) is 17.5 Å². The van der Waals surface area contributed by atoms with Crippen LogP contribution in [0.25, 0.3) is 11.3 Å². The van der Waals surface area contributed by atoms with E-state index in [1.54, 1.807) is 21.3 Å². The summed E-state index contributed by atoms with van der Waals surface area (Å²) in [4.78, 5) is 6.81. The highest BCUT2D eigenvalue weighted by Gasteiger charge is 2.33. The van der Waals surface area contributed by atoms with Crippen molar-refractivity contribution in [1.29, 1.82) is 0 Å². The van der Waals surface area contributed by atoms with Crippen LogP contribution in [0.5, 0.6) is 17.2 Å². The number of benzene rings is 2. The number of methoxy groups -OCH3 is 3. The number of aromatic nitrogens is 1. The highest BCUT2D eigenvalue weighted by Crippen LogP contribution is 2.42. The van der Waals surface area contributed by atoms with Gasteiger partial charge < -0.3 is 19.1 Å². The SMILES string of the molecule is COc1cc(-c2csc(N3CCC(S(=O)(=O)c4ccc(F)cc4Cl)CC3)n2)cc(OC)c1OC. The zero-order valence-corrected chi connectivity index (χ0v) is 21.3. The van der Waals surface area contributed by atoms with Crippen LogP contribution in [-0.4, -0.2) is 53.1 Å². The second-order valence-electron chi connectivity index (χ2n) is 7.74. The Morgan fingerprint density at radius 2 is 1.71 bits per heavy atom. The van der Waals surface area contributed by atoms with Gasteiger partial charge in [0.1, 0.15) is 5.82 Å². The monoisotopic (exact) mass is 526 g/mol. The minimum atomic E-state index is -3.66. The molecule has 0 aliphatic carbocycles. The van der Waals surface area contributed by atoms with Crippen LogP contribution in [0.2, 0.25) is 5.02 Å². The van der Waals surface area contributed by atoms with E-state index in [2.05, 4.69) is 4.90 Å². The third-order valence-electron chi connectivity index (χ3n) is 5.80. The van der Waals surface area contributed by atoms with Gasteiger partial charge in [-0.3, -0.25) is 0 Å². The third kappa shape index (κ3) is 4.67. The predicted molar refractivity (Wildman–Crippen MR) is 131 cm³/mol. The van der Waals surface area contributed by atoms with Crippen LogP contribution < -0.4 is 19.1 Å². The molecule has 34 heavy (non-hydrogen) atoms. The molecule has 1 aliphatic rings. The molecule has 1 saturated heterocycles. The van der Waals surface area contributed by atoms with E-state index in [-0.39, 0.29) is 9.92 Å². The van der Waals surface area contributed by atoms with Gasteiger partial charge in [0.25, 0.3) is 0 Å². The van der Waals surface area contributed by atoms with E-state index in [4.69, 9.17) is 30.8 Å². The predicted octanol–water partition coefficient (Wildman–Crippen LogP) is 5.07. The van der Waals surface area contributed by atoms with Gasteiger partial charge in [-0.15, -0.1) is 11.3 Å². The van der Waals surface area contributed by atoms with Gasteiger partial charge in [0.05, 0.1) is 42.2 Å². The Balaban J connectivity index is 1.50. The lowest BCUT2D eigenvalue weighted by molar-refractivity contribution is 0.324. The number of ether oxygens (including phenoxy) is 3. The topological polar surface area (TPSA) is 78.0 Å². The summed E-state index contributed by atoms with van der Waals surface area (Å²) in [5.41, 5.74) is 1.58. The molecule has 182 valence electrons. The van der Waals surface area contributed by atoms with Gasteiger partial charge in [0.2, 0.25) is 5.75 Å². The van der Waals surface area contributed by atoms with Crippen molar-refractivity contribution in [1.82, 2.24) is 4.98 Å². The summed E-state index contributed by atoms with van der Waals surface area (Å²) in [5, 5.41) is 2.08. The molecular weight excluding hydrogens is 503 g/mol. The first-order chi connectivity index (χ1) is 16.3. The maximum atomic E-state index is 13.4. The average molecular weight is 527 g/mol. The number of sulfone groups is 1. The minimum absolute atomic E-state index is 0.0204. The molecular formula is C23H24ClFN2O5S2. The van der Waals surface area contributed by atoms with Crippen molar-refractivity contribution in [3.63, 3.8) is 0 Å². The molecule has 0 bridgehead atoms. The van der Waals surface area contributed by atoms with Gasteiger partial charge in [-0.05, 0) is 43.2 Å². The molecule has 1 fully saturated rings. The smallest absolute Gasteiger partial charge is 0.203 e. The Hall–Kier alpha value is -2.56. The summed E-state index contributed by atoms with van der Waals surface area (Å²) in [6.45, 7) is 1.07. The van der Waals surface area contributed by atoms with Crippen molar-refractivity contribution < 1.29 is 27.0 Å². The van der Waals surface area contributed by atoms with E-state index in [1.165, 1.54) is 17.4 Å². The summed E-state index contributed by atoms with van der Waals surface area (Å²) >= 11 is 7.50. The number of rotatable bonds is 7. The van der Waals surface area contributed by atoms with Crippen LogP contribution in [0, 0.1) is 5.82 Å². The number of anilines is 1. The molecule has 0 saturated carbocycles. The van der Waals surface area contributed by atoms with Crippen molar-refractivity contribution in [3.8, 4) is 28.5 Å². The highest BCUT2D eigenvalue weighted by molar-refractivity contribution is 7.92. The normalized spacial score (nSPS) is 14.8. The average Bonchev–Trinajstić information content (AvgIpc) is 3.33. The zero-order valence-electron chi connectivity index (χ0n) is 18.9. The van der Waals surface area contributed by atoms with Gasteiger partial charge in [0.15, 0.2) is 26.5 Å². The molecule has 0 spiro atoms. The van der Waals surface area contributed by atoms with E-state index < -0.39 is 20.9 Å². The number of halogens is 2. The van der Waals surface area contributed by atoms with Crippen molar-refractivity contribution >= 4 is 37.9 Å². The number of hydrogen-bond acceptors (Lipinski definition) is 8. The second kappa shape index (κ2) is 9.97. The van der Waals surface area contributed by atoms with Crippen molar-refractivity contribution in [2.45, 2.75) is 23.0 Å². The molecule has 1 aliphatic heterocycles. The van der Waals surface area contributed by atoms with Crippen LogP contribution in [0.4, 0.5) is 9.52 Å². The van der Waals surface area contributed by atoms with Crippen molar-refractivity contribution in [3.05, 3.63) is 46.6 Å². The van der Waals surface area contributed by atoms with Crippen LogP contribution in [0.3, 0.4) is 0 Å². The maximum Gasteiger partial charge on any atom is 0.203 e. The summed E-state index contributed by atoms with van der Waals surface area (Å²) in [5.74, 6) is 1.02. The van der Waals surface area contributed by atoms with Crippen LogP contribution in [0.1, 0.15) is 12.8 Å². The molecule has 1 aromatic heterocycles. The first-order valence-corrected chi connectivity index (χ1v) is 13.3. The van der Waals surface area contributed by atoms with E-state index in [9.17, 15) is 12.8 Å². The molecule has 4 rings (SSSR count). The first kappa shape index (κ1) is 24.6. The van der Waals surface area contributed by atoms with E-state index >= 15 is 0 Å². The Bertz CT molecular complexity index is 1270. The first-order valence-electron chi connectivity index (χ1n) is 10.5. The molecule has 0 unspecified atom stereocenters. The molecule has 2 heterocycles. The maximum absolute atomic E-state index is 13.4.